The molecule has 0 aliphatic carbocycles. The number of rotatable bonds is 6. The summed E-state index contributed by atoms with van der Waals surface area (Å²) in [7, 11) is 1.64. The van der Waals surface area contributed by atoms with Crippen LogP contribution in [0.3, 0.4) is 0 Å². The summed E-state index contributed by atoms with van der Waals surface area (Å²) >= 11 is 1.47. The maximum Gasteiger partial charge on any atom is 0.221 e. The molecule has 0 saturated carbocycles. The first-order chi connectivity index (χ1) is 12.6. The fraction of sp³-hybridized carbons (Fsp3) is 0.105. The van der Waals surface area contributed by atoms with E-state index in [-0.39, 0.29) is 5.91 Å². The highest BCUT2D eigenvalue weighted by molar-refractivity contribution is 7.14. The van der Waals surface area contributed by atoms with E-state index in [1.807, 2.05) is 53.9 Å². The Morgan fingerprint density at radius 1 is 1.15 bits per heavy atom. The van der Waals surface area contributed by atoms with Crippen LogP contribution in [0, 0.1) is 0 Å². The number of methoxy groups -OCH3 is 1. The summed E-state index contributed by atoms with van der Waals surface area (Å²) in [5.74, 6) is 0.719. The molecule has 6 nitrogen and oxygen atoms in total. The van der Waals surface area contributed by atoms with Gasteiger partial charge in [0.2, 0.25) is 11.0 Å². The van der Waals surface area contributed by atoms with Crippen LogP contribution in [-0.4, -0.2) is 24.2 Å². The fourth-order valence-corrected chi connectivity index (χ4v) is 2.91. The van der Waals surface area contributed by atoms with Gasteiger partial charge in [0.1, 0.15) is 5.75 Å². The first-order valence-corrected chi connectivity index (χ1v) is 8.79. The standard InChI is InChI=1S/C19H18N4O2S/c1-13(24)21-16-7-5-15(6-8-16)18-12-26-19(22-18)23-20-11-14-3-9-17(25-2)10-4-14/h3-12H,1-2H3,(H,21,24)(H,22,23)/b20-11+. The number of ether oxygens (including phenoxy) is 1. The molecule has 3 aromatic rings. The van der Waals surface area contributed by atoms with Gasteiger partial charge < -0.3 is 10.1 Å². The van der Waals surface area contributed by atoms with E-state index in [4.69, 9.17) is 4.74 Å². The lowest BCUT2D eigenvalue weighted by Gasteiger charge is -2.02. The van der Waals surface area contributed by atoms with Crippen molar-refractivity contribution in [1.29, 1.82) is 0 Å². The van der Waals surface area contributed by atoms with Crippen molar-refractivity contribution in [3.8, 4) is 17.0 Å². The second-order valence-electron chi connectivity index (χ2n) is 5.44. The Hall–Kier alpha value is -3.19. The molecule has 132 valence electrons. The SMILES string of the molecule is COc1ccc(/C=N/Nc2nc(-c3ccc(NC(C)=O)cc3)cs2)cc1. The molecule has 7 heteroatoms. The smallest absolute Gasteiger partial charge is 0.221 e. The third-order valence-electron chi connectivity index (χ3n) is 3.49. The molecule has 0 aliphatic heterocycles. The number of nitrogens with one attached hydrogen (secondary N) is 2. The molecule has 0 fully saturated rings. The zero-order chi connectivity index (χ0) is 18.4. The van der Waals surface area contributed by atoms with E-state index in [9.17, 15) is 4.79 Å². The summed E-state index contributed by atoms with van der Waals surface area (Å²) in [5, 5.41) is 9.61. The van der Waals surface area contributed by atoms with E-state index >= 15 is 0 Å². The Morgan fingerprint density at radius 2 is 1.88 bits per heavy atom. The van der Waals surface area contributed by atoms with Crippen LogP contribution >= 0.6 is 11.3 Å². The molecule has 0 saturated heterocycles. The van der Waals surface area contributed by atoms with Gasteiger partial charge in [-0.3, -0.25) is 10.2 Å². The van der Waals surface area contributed by atoms with Crippen molar-refractivity contribution >= 4 is 34.3 Å². The van der Waals surface area contributed by atoms with Gasteiger partial charge in [-0.05, 0) is 42.0 Å². The largest absolute Gasteiger partial charge is 0.497 e. The molecule has 3 rings (SSSR count). The second kappa shape index (κ2) is 8.26. The fourth-order valence-electron chi connectivity index (χ4n) is 2.24. The minimum absolute atomic E-state index is 0.0902. The number of hydrogen-bond donors (Lipinski definition) is 2. The van der Waals surface area contributed by atoms with Crippen molar-refractivity contribution in [1.82, 2.24) is 4.98 Å². The summed E-state index contributed by atoms with van der Waals surface area (Å²) in [6.07, 6.45) is 1.72. The summed E-state index contributed by atoms with van der Waals surface area (Å²) < 4.78 is 5.12. The molecule has 1 heterocycles. The van der Waals surface area contributed by atoms with Gasteiger partial charge in [0.15, 0.2) is 0 Å². The second-order valence-corrected chi connectivity index (χ2v) is 6.30. The number of nitrogens with zero attached hydrogens (tertiary/aromatic N) is 2. The topological polar surface area (TPSA) is 75.6 Å². The molecule has 0 unspecified atom stereocenters. The number of carbonyl (C=O) groups excluding carboxylic acids is 1. The number of benzene rings is 2. The summed E-state index contributed by atoms with van der Waals surface area (Å²) in [6, 6.07) is 15.2. The number of hydrazone groups is 1. The zero-order valence-corrected chi connectivity index (χ0v) is 15.2. The minimum Gasteiger partial charge on any atom is -0.497 e. The van der Waals surface area contributed by atoms with E-state index in [1.54, 1.807) is 13.3 Å². The normalized spacial score (nSPS) is 10.7. The highest BCUT2D eigenvalue weighted by Gasteiger charge is 2.04. The molecule has 1 aromatic heterocycles. The Labute approximate surface area is 155 Å². The van der Waals surface area contributed by atoms with Gasteiger partial charge in [-0.15, -0.1) is 11.3 Å². The first kappa shape index (κ1) is 17.6. The maximum atomic E-state index is 11.1. The van der Waals surface area contributed by atoms with Crippen molar-refractivity contribution in [2.24, 2.45) is 5.10 Å². The van der Waals surface area contributed by atoms with E-state index < -0.39 is 0 Å². The summed E-state index contributed by atoms with van der Waals surface area (Å²) in [6.45, 7) is 1.48. The lowest BCUT2D eigenvalue weighted by molar-refractivity contribution is -0.114. The maximum absolute atomic E-state index is 11.1. The summed E-state index contributed by atoms with van der Waals surface area (Å²) in [4.78, 5) is 15.6. The van der Waals surface area contributed by atoms with Crippen LogP contribution in [0.25, 0.3) is 11.3 Å². The Morgan fingerprint density at radius 3 is 2.54 bits per heavy atom. The van der Waals surface area contributed by atoms with Gasteiger partial charge >= 0.3 is 0 Å². The Balaban J connectivity index is 1.62. The minimum atomic E-state index is -0.0902. The van der Waals surface area contributed by atoms with Gasteiger partial charge in [-0.1, -0.05) is 12.1 Å². The van der Waals surface area contributed by atoms with Crippen LogP contribution in [0.4, 0.5) is 10.8 Å². The van der Waals surface area contributed by atoms with E-state index in [0.29, 0.717) is 5.13 Å². The van der Waals surface area contributed by atoms with Crippen molar-refractivity contribution in [2.45, 2.75) is 6.92 Å². The Kier molecular flexibility index (Phi) is 5.60. The average molecular weight is 366 g/mol. The number of thiazole rings is 1. The number of aromatic nitrogens is 1. The highest BCUT2D eigenvalue weighted by atomic mass is 32.1. The molecule has 0 spiro atoms. The highest BCUT2D eigenvalue weighted by Crippen LogP contribution is 2.26. The number of hydrogen-bond acceptors (Lipinski definition) is 6. The molecule has 0 radical (unpaired) electrons. The van der Waals surface area contributed by atoms with Crippen LogP contribution in [0.2, 0.25) is 0 Å². The molecule has 2 aromatic carbocycles. The van der Waals surface area contributed by atoms with Crippen molar-refractivity contribution in [3.05, 3.63) is 59.5 Å². The molecule has 0 aliphatic rings. The van der Waals surface area contributed by atoms with Crippen molar-refractivity contribution in [2.75, 3.05) is 17.9 Å². The predicted molar refractivity (Wildman–Crippen MR) is 106 cm³/mol. The van der Waals surface area contributed by atoms with Crippen LogP contribution < -0.4 is 15.5 Å². The number of anilines is 2. The van der Waals surface area contributed by atoms with Crippen LogP contribution in [0.15, 0.2) is 59.0 Å². The molecular formula is C19H18N4O2S. The van der Waals surface area contributed by atoms with E-state index in [2.05, 4.69) is 20.8 Å². The average Bonchev–Trinajstić information content (AvgIpc) is 3.11. The number of amides is 1. The van der Waals surface area contributed by atoms with E-state index in [0.717, 1.165) is 28.3 Å². The van der Waals surface area contributed by atoms with Crippen LogP contribution in [0.5, 0.6) is 5.75 Å². The third-order valence-corrected chi connectivity index (χ3v) is 4.24. The van der Waals surface area contributed by atoms with Crippen molar-refractivity contribution in [3.63, 3.8) is 0 Å². The first-order valence-electron chi connectivity index (χ1n) is 7.91. The monoisotopic (exact) mass is 366 g/mol. The number of carbonyl (C=O) groups is 1. The molecule has 26 heavy (non-hydrogen) atoms. The van der Waals surface area contributed by atoms with Gasteiger partial charge in [0.05, 0.1) is 19.0 Å². The molecule has 2 N–H and O–H groups in total. The van der Waals surface area contributed by atoms with Gasteiger partial charge in [0.25, 0.3) is 0 Å². The molecular weight excluding hydrogens is 348 g/mol. The van der Waals surface area contributed by atoms with Gasteiger partial charge in [0, 0.05) is 23.6 Å². The molecule has 1 amide bonds. The van der Waals surface area contributed by atoms with E-state index in [1.165, 1.54) is 18.3 Å². The van der Waals surface area contributed by atoms with Crippen LogP contribution in [0.1, 0.15) is 12.5 Å². The lowest BCUT2D eigenvalue weighted by Crippen LogP contribution is -2.05. The quantitative estimate of drug-likeness (QED) is 0.506. The van der Waals surface area contributed by atoms with Crippen LogP contribution in [-0.2, 0) is 4.79 Å². The van der Waals surface area contributed by atoms with Gasteiger partial charge in [-0.2, -0.15) is 5.10 Å². The third kappa shape index (κ3) is 4.67. The van der Waals surface area contributed by atoms with Crippen molar-refractivity contribution < 1.29 is 9.53 Å². The zero-order valence-electron chi connectivity index (χ0n) is 14.4. The Bertz CT molecular complexity index is 902. The lowest BCUT2D eigenvalue weighted by atomic mass is 10.1. The predicted octanol–water partition coefficient (Wildman–Crippen LogP) is 4.22. The van der Waals surface area contributed by atoms with Gasteiger partial charge in [-0.25, -0.2) is 4.98 Å². The molecule has 0 atom stereocenters. The molecule has 0 bridgehead atoms. The summed E-state index contributed by atoms with van der Waals surface area (Å²) in [5.41, 5.74) is 6.49.